The van der Waals surface area contributed by atoms with E-state index in [1.807, 2.05) is 41.8 Å². The Morgan fingerprint density at radius 3 is 2.82 bits per heavy atom. The summed E-state index contributed by atoms with van der Waals surface area (Å²) in [6, 6.07) is 12.4. The van der Waals surface area contributed by atoms with Gasteiger partial charge in [0.1, 0.15) is 5.52 Å². The van der Waals surface area contributed by atoms with Gasteiger partial charge in [-0.2, -0.15) is 0 Å². The van der Waals surface area contributed by atoms with Crippen LogP contribution in [0.25, 0.3) is 16.6 Å². The number of amides is 1. The summed E-state index contributed by atoms with van der Waals surface area (Å²) in [7, 11) is 0. The minimum Gasteiger partial charge on any atom is -0.346 e. The Hall–Kier alpha value is -3.62. The van der Waals surface area contributed by atoms with Gasteiger partial charge in [-0.05, 0) is 37.6 Å². The molecule has 4 rings (SSSR count). The maximum atomic E-state index is 12.4. The minimum absolute atomic E-state index is 0.123. The van der Waals surface area contributed by atoms with E-state index in [2.05, 4.69) is 25.8 Å². The number of nitrogens with zero attached hydrogens (tertiary/aromatic N) is 6. The highest BCUT2D eigenvalue weighted by Crippen LogP contribution is 2.12. The van der Waals surface area contributed by atoms with Gasteiger partial charge in [0, 0.05) is 19.2 Å². The second-order valence-corrected chi connectivity index (χ2v) is 6.51. The van der Waals surface area contributed by atoms with Gasteiger partial charge in [0.2, 0.25) is 5.91 Å². The number of pyridine rings is 1. The maximum Gasteiger partial charge on any atom is 0.277 e. The molecule has 0 aliphatic rings. The summed E-state index contributed by atoms with van der Waals surface area (Å²) in [4.78, 5) is 24.7. The lowest BCUT2D eigenvalue weighted by Crippen LogP contribution is -2.29. The number of nitrogens with one attached hydrogen (secondary N) is 1. The number of hydrogen-bond donors (Lipinski definition) is 1. The second-order valence-electron chi connectivity index (χ2n) is 6.51. The summed E-state index contributed by atoms with van der Waals surface area (Å²) >= 11 is 0. The van der Waals surface area contributed by atoms with Gasteiger partial charge in [0.25, 0.3) is 5.56 Å². The van der Waals surface area contributed by atoms with Crippen molar-refractivity contribution in [2.75, 3.05) is 0 Å². The standard InChI is InChI=1S/C19H19N7O2/c1-13(18-23-22-16-9-4-5-11-25(16)18)20-17(27)10-6-12-26-19(28)14-7-2-3-8-15(14)21-24-26/h2-5,7-9,11,13H,6,10,12H2,1H3,(H,20,27). The number of aromatic nitrogens is 6. The second kappa shape index (κ2) is 7.55. The molecular weight excluding hydrogens is 358 g/mol. The lowest BCUT2D eigenvalue weighted by atomic mass is 10.2. The van der Waals surface area contributed by atoms with Crippen LogP contribution >= 0.6 is 0 Å². The third-order valence-corrected chi connectivity index (χ3v) is 4.51. The van der Waals surface area contributed by atoms with E-state index in [4.69, 9.17) is 0 Å². The molecule has 0 spiro atoms. The molecule has 1 N–H and O–H groups in total. The Labute approximate surface area is 160 Å². The molecule has 0 fully saturated rings. The number of rotatable bonds is 6. The van der Waals surface area contributed by atoms with Crippen molar-refractivity contribution < 1.29 is 4.79 Å². The fourth-order valence-electron chi connectivity index (χ4n) is 3.09. The topological polar surface area (TPSA) is 107 Å². The van der Waals surface area contributed by atoms with Crippen LogP contribution in [0.4, 0.5) is 0 Å². The molecule has 0 saturated heterocycles. The Bertz CT molecular complexity index is 1200. The van der Waals surface area contributed by atoms with Gasteiger partial charge in [-0.3, -0.25) is 14.0 Å². The molecule has 1 atom stereocenters. The van der Waals surface area contributed by atoms with Crippen LogP contribution in [-0.4, -0.2) is 35.5 Å². The normalized spacial score (nSPS) is 12.3. The zero-order valence-electron chi connectivity index (χ0n) is 15.3. The van der Waals surface area contributed by atoms with E-state index in [0.717, 1.165) is 5.65 Å². The number of hydrogen-bond acceptors (Lipinski definition) is 6. The highest BCUT2D eigenvalue weighted by molar-refractivity contribution is 5.77. The van der Waals surface area contributed by atoms with Crippen LogP contribution in [0.1, 0.15) is 31.6 Å². The number of fused-ring (bicyclic) bond motifs is 2. The summed E-state index contributed by atoms with van der Waals surface area (Å²) in [5.74, 6) is 0.544. The summed E-state index contributed by atoms with van der Waals surface area (Å²) in [5, 5.41) is 19.7. The van der Waals surface area contributed by atoms with Crippen molar-refractivity contribution in [2.45, 2.75) is 32.4 Å². The van der Waals surface area contributed by atoms with E-state index in [1.54, 1.807) is 18.2 Å². The quantitative estimate of drug-likeness (QED) is 0.546. The van der Waals surface area contributed by atoms with Crippen LogP contribution < -0.4 is 10.9 Å². The van der Waals surface area contributed by atoms with Crippen LogP contribution in [0, 0.1) is 0 Å². The van der Waals surface area contributed by atoms with E-state index in [0.29, 0.717) is 29.7 Å². The number of carbonyl (C=O) groups excluding carboxylic acids is 1. The first-order chi connectivity index (χ1) is 13.6. The summed E-state index contributed by atoms with van der Waals surface area (Å²) in [5.41, 5.74) is 1.10. The zero-order chi connectivity index (χ0) is 19.5. The Morgan fingerprint density at radius 1 is 1.11 bits per heavy atom. The van der Waals surface area contributed by atoms with Crippen LogP contribution in [0.2, 0.25) is 0 Å². The molecule has 1 unspecified atom stereocenters. The summed E-state index contributed by atoms with van der Waals surface area (Å²) < 4.78 is 3.14. The van der Waals surface area contributed by atoms with E-state index < -0.39 is 0 Å². The van der Waals surface area contributed by atoms with E-state index >= 15 is 0 Å². The molecule has 1 aromatic carbocycles. The average Bonchev–Trinajstić information content (AvgIpc) is 3.14. The molecule has 0 bridgehead atoms. The molecular formula is C19H19N7O2. The highest BCUT2D eigenvalue weighted by atomic mass is 16.1. The largest absolute Gasteiger partial charge is 0.346 e. The van der Waals surface area contributed by atoms with Crippen LogP contribution in [0.3, 0.4) is 0 Å². The Balaban J connectivity index is 1.36. The fraction of sp³-hybridized carbons (Fsp3) is 0.263. The minimum atomic E-state index is -0.284. The molecule has 9 nitrogen and oxygen atoms in total. The number of aryl methyl sites for hydroxylation is 1. The maximum absolute atomic E-state index is 12.4. The number of carbonyl (C=O) groups is 1. The molecule has 0 aliphatic carbocycles. The lowest BCUT2D eigenvalue weighted by molar-refractivity contribution is -0.121. The third-order valence-electron chi connectivity index (χ3n) is 4.51. The van der Waals surface area contributed by atoms with E-state index in [-0.39, 0.29) is 23.9 Å². The Morgan fingerprint density at radius 2 is 1.93 bits per heavy atom. The van der Waals surface area contributed by atoms with Gasteiger partial charge in [-0.15, -0.1) is 15.3 Å². The predicted molar refractivity (Wildman–Crippen MR) is 103 cm³/mol. The van der Waals surface area contributed by atoms with Crippen LogP contribution in [0.15, 0.2) is 53.5 Å². The van der Waals surface area contributed by atoms with Gasteiger partial charge < -0.3 is 5.32 Å². The molecule has 3 heterocycles. The van der Waals surface area contributed by atoms with E-state index in [1.165, 1.54) is 4.68 Å². The number of benzene rings is 1. The molecule has 28 heavy (non-hydrogen) atoms. The van der Waals surface area contributed by atoms with Gasteiger partial charge in [-0.1, -0.05) is 23.4 Å². The lowest BCUT2D eigenvalue weighted by Gasteiger charge is -2.12. The Kier molecular flexibility index (Phi) is 4.79. The molecule has 9 heteroatoms. The zero-order valence-corrected chi connectivity index (χ0v) is 15.3. The first-order valence-corrected chi connectivity index (χ1v) is 9.05. The van der Waals surface area contributed by atoms with Gasteiger partial charge in [0.05, 0.1) is 11.4 Å². The van der Waals surface area contributed by atoms with Crippen molar-refractivity contribution in [3.8, 4) is 0 Å². The molecule has 4 aromatic rings. The van der Waals surface area contributed by atoms with Crippen molar-refractivity contribution in [3.63, 3.8) is 0 Å². The fourth-order valence-corrected chi connectivity index (χ4v) is 3.09. The molecule has 0 saturated carbocycles. The smallest absolute Gasteiger partial charge is 0.277 e. The summed E-state index contributed by atoms with van der Waals surface area (Å²) in [6.45, 7) is 2.19. The van der Waals surface area contributed by atoms with Gasteiger partial charge >= 0.3 is 0 Å². The molecule has 3 aromatic heterocycles. The first kappa shape index (κ1) is 17.8. The predicted octanol–water partition coefficient (Wildman–Crippen LogP) is 1.49. The molecule has 0 radical (unpaired) electrons. The average molecular weight is 377 g/mol. The van der Waals surface area contributed by atoms with Crippen LogP contribution in [-0.2, 0) is 11.3 Å². The van der Waals surface area contributed by atoms with Crippen molar-refractivity contribution >= 4 is 22.5 Å². The molecule has 0 aliphatic heterocycles. The summed E-state index contributed by atoms with van der Waals surface area (Å²) in [6.07, 6.45) is 2.60. The SMILES string of the molecule is CC(NC(=O)CCCn1nnc2ccccc2c1=O)c1nnc2ccccn12. The van der Waals surface area contributed by atoms with Crippen molar-refractivity contribution in [1.29, 1.82) is 0 Å². The van der Waals surface area contributed by atoms with E-state index in [9.17, 15) is 9.59 Å². The van der Waals surface area contributed by atoms with Crippen molar-refractivity contribution in [1.82, 2.24) is 34.9 Å². The van der Waals surface area contributed by atoms with Crippen molar-refractivity contribution in [2.24, 2.45) is 0 Å². The van der Waals surface area contributed by atoms with Crippen LogP contribution in [0.5, 0.6) is 0 Å². The highest BCUT2D eigenvalue weighted by Gasteiger charge is 2.15. The van der Waals surface area contributed by atoms with Crippen molar-refractivity contribution in [3.05, 3.63) is 64.8 Å². The first-order valence-electron chi connectivity index (χ1n) is 9.05. The van der Waals surface area contributed by atoms with Gasteiger partial charge in [-0.25, -0.2) is 4.68 Å². The van der Waals surface area contributed by atoms with Gasteiger partial charge in [0.15, 0.2) is 11.5 Å². The molecule has 1 amide bonds. The molecule has 142 valence electrons. The monoisotopic (exact) mass is 377 g/mol. The third kappa shape index (κ3) is 3.46.